The van der Waals surface area contributed by atoms with Crippen LogP contribution in [0, 0.1) is 0 Å². The van der Waals surface area contributed by atoms with Crippen molar-refractivity contribution in [2.24, 2.45) is 0 Å². The van der Waals surface area contributed by atoms with Crippen LogP contribution >= 0.6 is 0 Å². The summed E-state index contributed by atoms with van der Waals surface area (Å²) < 4.78 is 74.1. The zero-order valence-electron chi connectivity index (χ0n) is 8.97. The molecule has 0 fully saturated rings. The lowest BCUT2D eigenvalue weighted by Crippen LogP contribution is -2.07. The summed E-state index contributed by atoms with van der Waals surface area (Å²) in [6, 6.07) is 3.79. The van der Waals surface area contributed by atoms with E-state index in [0.29, 0.717) is 6.07 Å². The molecule has 0 radical (unpaired) electrons. The molecule has 1 N–H and O–H groups in total. The fraction of sp³-hybridized carbons (Fsp3) is 0.200. The zero-order valence-corrected chi connectivity index (χ0v) is 8.97. The zero-order chi connectivity index (χ0) is 14.3. The summed E-state index contributed by atoms with van der Waals surface area (Å²) in [5, 5.41) is 4.87. The Hall–Kier alpha value is -2.06. The molecular weight excluding hydrogens is 276 g/mol. The van der Waals surface area contributed by atoms with Gasteiger partial charge < -0.3 is 0 Å². The molecule has 2 rings (SSSR count). The Bertz CT molecular complexity index is 583. The van der Waals surface area contributed by atoms with Gasteiger partial charge in [0, 0.05) is 5.56 Å². The van der Waals surface area contributed by atoms with Gasteiger partial charge in [-0.2, -0.15) is 26.3 Å². The number of rotatable bonds is 1. The number of nitrogens with zero attached hydrogens (tertiary/aromatic N) is 2. The van der Waals surface area contributed by atoms with E-state index < -0.39 is 23.7 Å². The van der Waals surface area contributed by atoms with Gasteiger partial charge in [0.15, 0.2) is 5.82 Å². The van der Waals surface area contributed by atoms with Gasteiger partial charge >= 0.3 is 12.4 Å². The van der Waals surface area contributed by atoms with Gasteiger partial charge in [-0.15, -0.1) is 5.10 Å². The van der Waals surface area contributed by atoms with Crippen molar-refractivity contribution in [1.82, 2.24) is 15.2 Å². The SMILES string of the molecule is FC(F)(F)c1cccc(-c2nc(C(F)(F)F)n[nH]2)c1. The molecule has 0 atom stereocenters. The van der Waals surface area contributed by atoms with E-state index in [9.17, 15) is 26.3 Å². The van der Waals surface area contributed by atoms with E-state index in [0.717, 1.165) is 12.1 Å². The molecule has 3 nitrogen and oxygen atoms in total. The van der Waals surface area contributed by atoms with E-state index in [1.165, 1.54) is 6.07 Å². The van der Waals surface area contributed by atoms with Crippen molar-refractivity contribution in [1.29, 1.82) is 0 Å². The van der Waals surface area contributed by atoms with Crippen molar-refractivity contribution in [3.63, 3.8) is 0 Å². The predicted molar refractivity (Wildman–Crippen MR) is 51.8 cm³/mol. The average molecular weight is 281 g/mol. The second-order valence-electron chi connectivity index (χ2n) is 3.58. The third kappa shape index (κ3) is 2.85. The largest absolute Gasteiger partial charge is 0.453 e. The van der Waals surface area contributed by atoms with Crippen LogP contribution in [0.4, 0.5) is 26.3 Å². The highest BCUT2D eigenvalue weighted by molar-refractivity contribution is 5.56. The molecule has 1 aromatic carbocycles. The lowest BCUT2D eigenvalue weighted by molar-refractivity contribution is -0.144. The highest BCUT2D eigenvalue weighted by atomic mass is 19.4. The first-order valence-electron chi connectivity index (χ1n) is 4.85. The van der Waals surface area contributed by atoms with Gasteiger partial charge in [0.1, 0.15) is 0 Å². The molecular formula is C10H5F6N3. The molecule has 0 saturated heterocycles. The van der Waals surface area contributed by atoms with Crippen molar-refractivity contribution in [3.05, 3.63) is 35.7 Å². The predicted octanol–water partition coefficient (Wildman–Crippen LogP) is 3.51. The van der Waals surface area contributed by atoms with Crippen molar-refractivity contribution in [2.45, 2.75) is 12.4 Å². The summed E-state index contributed by atoms with van der Waals surface area (Å²) in [6.45, 7) is 0. The summed E-state index contributed by atoms with van der Waals surface area (Å²) in [4.78, 5) is 3.12. The minimum atomic E-state index is -4.75. The molecule has 102 valence electrons. The van der Waals surface area contributed by atoms with E-state index in [1.54, 1.807) is 0 Å². The number of benzene rings is 1. The van der Waals surface area contributed by atoms with Crippen LogP contribution in [0.25, 0.3) is 11.4 Å². The number of hydrogen-bond acceptors (Lipinski definition) is 2. The molecule has 0 saturated carbocycles. The van der Waals surface area contributed by atoms with Crippen LogP contribution in [-0.2, 0) is 12.4 Å². The van der Waals surface area contributed by atoms with Crippen LogP contribution in [0.15, 0.2) is 24.3 Å². The normalized spacial score (nSPS) is 12.7. The Morgan fingerprint density at radius 1 is 0.947 bits per heavy atom. The Kier molecular flexibility index (Phi) is 2.99. The lowest BCUT2D eigenvalue weighted by Gasteiger charge is -2.07. The second-order valence-corrected chi connectivity index (χ2v) is 3.58. The molecule has 0 aliphatic carbocycles. The Labute approximate surface area is 102 Å². The monoisotopic (exact) mass is 281 g/mol. The fourth-order valence-corrected chi connectivity index (χ4v) is 1.36. The Balaban J connectivity index is 2.40. The third-order valence-electron chi connectivity index (χ3n) is 2.20. The smallest absolute Gasteiger partial charge is 0.259 e. The van der Waals surface area contributed by atoms with Crippen LogP contribution in [0.3, 0.4) is 0 Å². The van der Waals surface area contributed by atoms with Crippen molar-refractivity contribution < 1.29 is 26.3 Å². The number of aromatic amines is 1. The van der Waals surface area contributed by atoms with Gasteiger partial charge in [0.25, 0.3) is 5.82 Å². The molecule has 0 unspecified atom stereocenters. The first kappa shape index (κ1) is 13.4. The van der Waals surface area contributed by atoms with E-state index in [2.05, 4.69) is 10.1 Å². The second kappa shape index (κ2) is 4.25. The maximum Gasteiger partial charge on any atom is 0.453 e. The van der Waals surface area contributed by atoms with Gasteiger partial charge in [-0.1, -0.05) is 12.1 Å². The minimum Gasteiger partial charge on any atom is -0.259 e. The first-order chi connectivity index (χ1) is 8.68. The van der Waals surface area contributed by atoms with E-state index in [4.69, 9.17) is 0 Å². The molecule has 2 aromatic rings. The summed E-state index contributed by atoms with van der Waals surface area (Å²) in [6.07, 6.45) is -9.33. The van der Waals surface area contributed by atoms with Crippen LogP contribution in [0.5, 0.6) is 0 Å². The maximum absolute atomic E-state index is 12.5. The number of hydrogen-bond donors (Lipinski definition) is 1. The molecule has 1 aromatic heterocycles. The molecule has 0 aliphatic heterocycles. The van der Waals surface area contributed by atoms with E-state index in [-0.39, 0.29) is 11.4 Å². The quantitative estimate of drug-likeness (QED) is 0.813. The average Bonchev–Trinajstić information content (AvgIpc) is 2.77. The highest BCUT2D eigenvalue weighted by Gasteiger charge is 2.36. The topological polar surface area (TPSA) is 41.6 Å². The third-order valence-corrected chi connectivity index (χ3v) is 2.20. The number of H-pyrrole nitrogens is 1. The maximum atomic E-state index is 12.5. The van der Waals surface area contributed by atoms with Gasteiger partial charge in [-0.05, 0) is 12.1 Å². The summed E-state index contributed by atoms with van der Waals surface area (Å²) in [5.41, 5.74) is -1.10. The van der Waals surface area contributed by atoms with Crippen molar-refractivity contribution in [2.75, 3.05) is 0 Å². The molecule has 0 spiro atoms. The molecule has 1 heterocycles. The van der Waals surface area contributed by atoms with Crippen LogP contribution in [0.1, 0.15) is 11.4 Å². The van der Waals surface area contributed by atoms with Gasteiger partial charge in [-0.3, -0.25) is 5.10 Å². The Morgan fingerprint density at radius 2 is 1.63 bits per heavy atom. The van der Waals surface area contributed by atoms with Gasteiger partial charge in [0.05, 0.1) is 5.56 Å². The highest BCUT2D eigenvalue weighted by Crippen LogP contribution is 2.32. The Morgan fingerprint density at radius 3 is 2.16 bits per heavy atom. The standard InChI is InChI=1S/C10H5F6N3/c11-9(12,13)6-3-1-2-5(4-6)7-17-8(19-18-7)10(14,15)16/h1-4H,(H,17,18,19). The van der Waals surface area contributed by atoms with Crippen molar-refractivity contribution in [3.8, 4) is 11.4 Å². The lowest BCUT2D eigenvalue weighted by atomic mass is 10.1. The summed E-state index contributed by atoms with van der Waals surface area (Å²) in [5.74, 6) is -1.81. The number of halogens is 6. The molecule has 0 amide bonds. The minimum absolute atomic E-state index is 0.127. The summed E-state index contributed by atoms with van der Waals surface area (Å²) >= 11 is 0. The van der Waals surface area contributed by atoms with Crippen LogP contribution in [-0.4, -0.2) is 15.2 Å². The number of aromatic nitrogens is 3. The number of nitrogens with one attached hydrogen (secondary N) is 1. The molecule has 19 heavy (non-hydrogen) atoms. The molecule has 0 aliphatic rings. The van der Waals surface area contributed by atoms with Gasteiger partial charge in [0.2, 0.25) is 0 Å². The first-order valence-corrected chi connectivity index (χ1v) is 4.85. The van der Waals surface area contributed by atoms with Crippen LogP contribution < -0.4 is 0 Å². The van der Waals surface area contributed by atoms with E-state index >= 15 is 0 Å². The van der Waals surface area contributed by atoms with Crippen LogP contribution in [0.2, 0.25) is 0 Å². The van der Waals surface area contributed by atoms with Gasteiger partial charge in [-0.25, -0.2) is 4.98 Å². The van der Waals surface area contributed by atoms with Crippen molar-refractivity contribution >= 4 is 0 Å². The van der Waals surface area contributed by atoms with E-state index in [1.807, 2.05) is 5.10 Å². The molecule has 0 bridgehead atoms. The summed E-state index contributed by atoms with van der Waals surface area (Å²) in [7, 11) is 0. The molecule has 9 heteroatoms. The number of alkyl halides is 6. The fourth-order valence-electron chi connectivity index (χ4n) is 1.36.